The van der Waals surface area contributed by atoms with E-state index in [0.29, 0.717) is 0 Å². The van der Waals surface area contributed by atoms with E-state index in [-0.39, 0.29) is 5.41 Å². The van der Waals surface area contributed by atoms with Crippen molar-refractivity contribution in [3.8, 4) is 16.8 Å². The first-order valence-corrected chi connectivity index (χ1v) is 14.3. The summed E-state index contributed by atoms with van der Waals surface area (Å²) in [7, 11) is 0. The summed E-state index contributed by atoms with van der Waals surface area (Å²) in [6.45, 7) is 4.71. The maximum absolute atomic E-state index is 2.45. The van der Waals surface area contributed by atoms with Crippen molar-refractivity contribution >= 4 is 38.9 Å². The lowest BCUT2D eigenvalue weighted by Gasteiger charge is -2.25. The molecule has 7 aromatic rings. The minimum Gasteiger partial charge on any atom is -0.310 e. The highest BCUT2D eigenvalue weighted by Gasteiger charge is 2.36. The van der Waals surface area contributed by atoms with Crippen LogP contribution in [0.1, 0.15) is 25.0 Å². The molecule has 0 atom stereocenters. The molecule has 0 aliphatic heterocycles. The van der Waals surface area contributed by atoms with Crippen LogP contribution < -0.4 is 4.90 Å². The number of fused-ring (bicyclic) bond motifs is 6. The Bertz CT molecular complexity index is 2010. The Morgan fingerprint density at radius 3 is 1.73 bits per heavy atom. The summed E-state index contributed by atoms with van der Waals surface area (Å²) in [6.07, 6.45) is 0. The first kappa shape index (κ1) is 23.8. The number of hydrogen-bond donors (Lipinski definition) is 0. The van der Waals surface area contributed by atoms with E-state index in [4.69, 9.17) is 0 Å². The van der Waals surface area contributed by atoms with Crippen LogP contribution in [0.4, 0.5) is 17.1 Å². The fraction of sp³-hybridized carbons (Fsp3) is 0.0769. The smallest absolute Gasteiger partial charge is 0.0544 e. The molecule has 8 rings (SSSR count). The van der Waals surface area contributed by atoms with Crippen molar-refractivity contribution in [1.82, 2.24) is 4.57 Å². The Morgan fingerprint density at radius 1 is 0.463 bits per heavy atom. The van der Waals surface area contributed by atoms with Gasteiger partial charge in [-0.25, -0.2) is 0 Å². The summed E-state index contributed by atoms with van der Waals surface area (Å²) in [4.78, 5) is 2.34. The summed E-state index contributed by atoms with van der Waals surface area (Å²) in [6, 6.07) is 52.7. The van der Waals surface area contributed by atoms with Crippen molar-refractivity contribution in [3.63, 3.8) is 0 Å². The quantitative estimate of drug-likeness (QED) is 0.221. The van der Waals surface area contributed by atoms with Gasteiger partial charge in [-0.2, -0.15) is 0 Å². The summed E-state index contributed by atoms with van der Waals surface area (Å²) in [5.74, 6) is 0. The molecule has 1 aliphatic carbocycles. The molecule has 2 nitrogen and oxygen atoms in total. The van der Waals surface area contributed by atoms with E-state index in [1.807, 2.05) is 0 Å². The number of para-hydroxylation sites is 3. The third-order valence-electron chi connectivity index (χ3n) is 8.75. The molecule has 0 amide bonds. The van der Waals surface area contributed by atoms with E-state index in [0.717, 1.165) is 17.1 Å². The van der Waals surface area contributed by atoms with Crippen LogP contribution >= 0.6 is 0 Å². The van der Waals surface area contributed by atoms with Crippen molar-refractivity contribution in [1.29, 1.82) is 0 Å². The van der Waals surface area contributed by atoms with Crippen LogP contribution in [0.15, 0.2) is 146 Å². The molecule has 0 unspecified atom stereocenters. The summed E-state index contributed by atoms with van der Waals surface area (Å²) >= 11 is 0. The molecule has 196 valence electrons. The largest absolute Gasteiger partial charge is 0.310 e. The zero-order valence-electron chi connectivity index (χ0n) is 23.3. The molecule has 1 aliphatic rings. The van der Waals surface area contributed by atoms with E-state index in [9.17, 15) is 0 Å². The van der Waals surface area contributed by atoms with Crippen LogP contribution in [0.5, 0.6) is 0 Å². The average molecular weight is 527 g/mol. The molecule has 41 heavy (non-hydrogen) atoms. The Hall–Kier alpha value is -5.08. The fourth-order valence-corrected chi connectivity index (χ4v) is 6.80. The number of benzene rings is 6. The zero-order valence-corrected chi connectivity index (χ0v) is 23.3. The molecule has 0 saturated carbocycles. The number of aromatic nitrogens is 1. The van der Waals surface area contributed by atoms with Gasteiger partial charge in [-0.05, 0) is 89.0 Å². The molecule has 6 aromatic carbocycles. The van der Waals surface area contributed by atoms with Gasteiger partial charge in [-0.1, -0.05) is 92.7 Å². The molecule has 0 fully saturated rings. The van der Waals surface area contributed by atoms with E-state index in [1.165, 1.54) is 49.7 Å². The molecule has 1 aromatic heterocycles. The first-order chi connectivity index (χ1) is 20.1. The zero-order chi connectivity index (χ0) is 27.6. The maximum Gasteiger partial charge on any atom is 0.0544 e. The molecule has 0 bridgehead atoms. The third kappa shape index (κ3) is 3.57. The second-order valence-corrected chi connectivity index (χ2v) is 11.5. The monoisotopic (exact) mass is 526 g/mol. The number of rotatable bonds is 4. The predicted molar refractivity (Wildman–Crippen MR) is 173 cm³/mol. The minimum absolute atomic E-state index is 0.0549. The van der Waals surface area contributed by atoms with E-state index in [1.54, 1.807) is 0 Å². The second-order valence-electron chi connectivity index (χ2n) is 11.5. The maximum atomic E-state index is 2.45. The topological polar surface area (TPSA) is 8.17 Å². The van der Waals surface area contributed by atoms with Crippen molar-refractivity contribution in [2.24, 2.45) is 0 Å². The number of anilines is 3. The Labute approximate surface area is 240 Å². The minimum atomic E-state index is -0.0549. The fourth-order valence-electron chi connectivity index (χ4n) is 6.80. The lowest BCUT2D eigenvalue weighted by molar-refractivity contribution is 0.661. The van der Waals surface area contributed by atoms with Crippen molar-refractivity contribution in [3.05, 3.63) is 157 Å². The van der Waals surface area contributed by atoms with Gasteiger partial charge in [0.05, 0.1) is 11.0 Å². The van der Waals surface area contributed by atoms with Crippen LogP contribution in [0.3, 0.4) is 0 Å². The Balaban J connectivity index is 1.45. The van der Waals surface area contributed by atoms with Gasteiger partial charge in [-0.3, -0.25) is 0 Å². The molecule has 0 saturated heterocycles. The highest BCUT2D eigenvalue weighted by Crippen LogP contribution is 2.51. The summed E-state index contributed by atoms with van der Waals surface area (Å²) < 4.78 is 2.43. The molecular weight excluding hydrogens is 496 g/mol. The lowest BCUT2D eigenvalue weighted by Crippen LogP contribution is -2.14. The second kappa shape index (κ2) is 8.97. The molecular formula is C39H30N2. The normalized spacial score (nSPS) is 13.3. The van der Waals surface area contributed by atoms with E-state index in [2.05, 4.69) is 169 Å². The summed E-state index contributed by atoms with van der Waals surface area (Å²) in [5.41, 5.74) is 12.5. The van der Waals surface area contributed by atoms with Crippen LogP contribution in [-0.4, -0.2) is 4.57 Å². The van der Waals surface area contributed by atoms with Gasteiger partial charge in [0.2, 0.25) is 0 Å². The highest BCUT2D eigenvalue weighted by atomic mass is 15.1. The standard InChI is InChI=1S/C39H30N2/c1-39(2)35-21-13-12-20-31(35)32-25-34-33-24-30(40(27-14-6-3-7-15-27)28-16-8-4-9-17-28)22-23-37(33)41(38(34)26-36(32)39)29-18-10-5-11-19-29/h3-26H,1-2H3. The van der Waals surface area contributed by atoms with Crippen molar-refractivity contribution in [2.75, 3.05) is 4.90 Å². The molecule has 0 radical (unpaired) electrons. The Kier molecular flexibility index (Phi) is 5.20. The average Bonchev–Trinajstić information content (AvgIpc) is 3.46. The van der Waals surface area contributed by atoms with Crippen LogP contribution in [0.25, 0.3) is 38.6 Å². The number of nitrogens with zero attached hydrogens (tertiary/aromatic N) is 2. The van der Waals surface area contributed by atoms with Gasteiger partial charge >= 0.3 is 0 Å². The van der Waals surface area contributed by atoms with Gasteiger partial charge in [0.1, 0.15) is 0 Å². The van der Waals surface area contributed by atoms with E-state index < -0.39 is 0 Å². The van der Waals surface area contributed by atoms with Crippen molar-refractivity contribution < 1.29 is 0 Å². The number of hydrogen-bond acceptors (Lipinski definition) is 1. The SMILES string of the molecule is CC1(C)c2ccccc2-c2cc3c4cc(N(c5ccccc5)c5ccccc5)ccc4n(-c4ccccc4)c3cc21. The van der Waals surface area contributed by atoms with Gasteiger partial charge in [0, 0.05) is 38.9 Å². The Morgan fingerprint density at radius 2 is 1.05 bits per heavy atom. The third-order valence-corrected chi connectivity index (χ3v) is 8.75. The van der Waals surface area contributed by atoms with Gasteiger partial charge in [-0.15, -0.1) is 0 Å². The van der Waals surface area contributed by atoms with Gasteiger partial charge in [0.15, 0.2) is 0 Å². The molecule has 1 heterocycles. The molecule has 2 heteroatoms. The van der Waals surface area contributed by atoms with Gasteiger partial charge in [0.25, 0.3) is 0 Å². The lowest BCUT2D eigenvalue weighted by atomic mass is 9.82. The predicted octanol–water partition coefficient (Wildman–Crippen LogP) is 10.6. The molecule has 0 N–H and O–H groups in total. The summed E-state index contributed by atoms with van der Waals surface area (Å²) in [5, 5.41) is 2.53. The first-order valence-electron chi connectivity index (χ1n) is 14.3. The van der Waals surface area contributed by atoms with E-state index >= 15 is 0 Å². The highest BCUT2D eigenvalue weighted by molar-refractivity contribution is 6.13. The van der Waals surface area contributed by atoms with Crippen molar-refractivity contribution in [2.45, 2.75) is 19.3 Å². The van der Waals surface area contributed by atoms with Crippen LogP contribution in [0.2, 0.25) is 0 Å². The molecule has 0 spiro atoms. The van der Waals surface area contributed by atoms with Gasteiger partial charge < -0.3 is 9.47 Å². The van der Waals surface area contributed by atoms with Crippen LogP contribution in [0, 0.1) is 0 Å². The van der Waals surface area contributed by atoms with Crippen LogP contribution in [-0.2, 0) is 5.41 Å².